The standard InChI is InChI=1S/C17H17ClN2O6S/c1-3-26-17(21)11-19(13-7-8-16(18)12(2)9-13)27(24,25)15-6-4-5-14(10-15)20(22)23/h4-10H,3,11H2,1-2H3. The van der Waals surface area contributed by atoms with Gasteiger partial charge in [0.05, 0.1) is 22.1 Å². The van der Waals surface area contributed by atoms with Crippen LogP contribution in [0.4, 0.5) is 11.4 Å². The third-order valence-electron chi connectivity index (χ3n) is 3.62. The van der Waals surface area contributed by atoms with Gasteiger partial charge in [-0.15, -0.1) is 0 Å². The van der Waals surface area contributed by atoms with Crippen molar-refractivity contribution in [2.24, 2.45) is 0 Å². The number of halogens is 1. The largest absolute Gasteiger partial charge is 0.465 e. The summed E-state index contributed by atoms with van der Waals surface area (Å²) in [6.45, 7) is 2.79. The Balaban J connectivity index is 2.56. The maximum Gasteiger partial charge on any atom is 0.326 e. The lowest BCUT2D eigenvalue weighted by Crippen LogP contribution is -2.36. The second-order valence-electron chi connectivity index (χ2n) is 5.50. The molecule has 0 fully saturated rings. The number of anilines is 1. The zero-order valence-electron chi connectivity index (χ0n) is 14.6. The average molecular weight is 413 g/mol. The van der Waals surface area contributed by atoms with Gasteiger partial charge >= 0.3 is 5.97 Å². The fraction of sp³-hybridized carbons (Fsp3) is 0.235. The number of benzene rings is 2. The van der Waals surface area contributed by atoms with Gasteiger partial charge in [-0.3, -0.25) is 19.2 Å². The molecule has 2 aromatic carbocycles. The van der Waals surface area contributed by atoms with E-state index in [1.54, 1.807) is 13.8 Å². The minimum Gasteiger partial charge on any atom is -0.465 e. The van der Waals surface area contributed by atoms with Gasteiger partial charge in [-0.2, -0.15) is 0 Å². The Hall–Kier alpha value is -2.65. The number of ether oxygens (including phenoxy) is 1. The molecule has 0 N–H and O–H groups in total. The van der Waals surface area contributed by atoms with Crippen molar-refractivity contribution in [3.8, 4) is 0 Å². The average Bonchev–Trinajstić information content (AvgIpc) is 2.62. The maximum absolute atomic E-state index is 13.1. The maximum atomic E-state index is 13.1. The highest BCUT2D eigenvalue weighted by Gasteiger charge is 2.29. The van der Waals surface area contributed by atoms with Gasteiger partial charge in [0.25, 0.3) is 15.7 Å². The summed E-state index contributed by atoms with van der Waals surface area (Å²) < 4.78 is 31.9. The summed E-state index contributed by atoms with van der Waals surface area (Å²) in [5, 5.41) is 11.4. The fourth-order valence-corrected chi connectivity index (χ4v) is 3.87. The van der Waals surface area contributed by atoms with Gasteiger partial charge in [-0.25, -0.2) is 8.42 Å². The molecule has 2 rings (SSSR count). The monoisotopic (exact) mass is 412 g/mol. The number of aryl methyl sites for hydroxylation is 1. The molecule has 0 saturated heterocycles. The molecule has 0 radical (unpaired) electrons. The number of carbonyl (C=O) groups is 1. The molecule has 0 spiro atoms. The van der Waals surface area contributed by atoms with Crippen LogP contribution in [0.3, 0.4) is 0 Å². The Morgan fingerprint density at radius 3 is 2.56 bits per heavy atom. The molecule has 8 nitrogen and oxygen atoms in total. The lowest BCUT2D eigenvalue weighted by atomic mass is 10.2. The first kappa shape index (κ1) is 20.7. The Bertz CT molecular complexity index is 977. The van der Waals surface area contributed by atoms with Gasteiger partial charge in [0.1, 0.15) is 6.54 Å². The Morgan fingerprint density at radius 2 is 1.96 bits per heavy atom. The Labute approximate surface area is 161 Å². The zero-order valence-corrected chi connectivity index (χ0v) is 16.2. The van der Waals surface area contributed by atoms with Crippen LogP contribution in [-0.2, 0) is 19.6 Å². The molecule has 0 amide bonds. The van der Waals surface area contributed by atoms with Crippen molar-refractivity contribution in [1.29, 1.82) is 0 Å². The number of non-ortho nitro benzene ring substituents is 1. The molecule has 0 aromatic heterocycles. The number of nitro groups is 1. The third kappa shape index (κ3) is 4.75. The summed E-state index contributed by atoms with van der Waals surface area (Å²) in [7, 11) is -4.27. The number of hydrogen-bond acceptors (Lipinski definition) is 6. The molecule has 0 saturated carbocycles. The van der Waals surface area contributed by atoms with Crippen LogP contribution in [0.15, 0.2) is 47.4 Å². The van der Waals surface area contributed by atoms with E-state index in [9.17, 15) is 23.3 Å². The lowest BCUT2D eigenvalue weighted by molar-refractivity contribution is -0.385. The van der Waals surface area contributed by atoms with Gasteiger partial charge in [0, 0.05) is 17.2 Å². The molecule has 0 aliphatic carbocycles. The van der Waals surface area contributed by atoms with E-state index in [-0.39, 0.29) is 22.9 Å². The molecular weight excluding hydrogens is 396 g/mol. The van der Waals surface area contributed by atoms with Crippen molar-refractivity contribution in [3.05, 3.63) is 63.2 Å². The normalized spacial score (nSPS) is 11.1. The van der Waals surface area contributed by atoms with E-state index in [1.165, 1.54) is 36.4 Å². The summed E-state index contributed by atoms with van der Waals surface area (Å²) >= 11 is 5.99. The number of hydrogen-bond donors (Lipinski definition) is 0. The third-order valence-corrected chi connectivity index (χ3v) is 5.82. The zero-order chi connectivity index (χ0) is 20.2. The van der Waals surface area contributed by atoms with E-state index in [0.29, 0.717) is 10.6 Å². The first-order chi connectivity index (χ1) is 12.7. The van der Waals surface area contributed by atoms with E-state index in [0.717, 1.165) is 10.4 Å². The predicted octanol–water partition coefficient (Wildman–Crippen LogP) is 3.32. The minimum absolute atomic E-state index is 0.0865. The molecule has 0 aliphatic heterocycles. The van der Waals surface area contributed by atoms with Gasteiger partial charge in [0.15, 0.2) is 0 Å². The fourth-order valence-electron chi connectivity index (χ4n) is 2.31. The quantitative estimate of drug-likeness (QED) is 0.392. The second-order valence-corrected chi connectivity index (χ2v) is 7.77. The van der Waals surface area contributed by atoms with Crippen LogP contribution < -0.4 is 4.31 Å². The van der Waals surface area contributed by atoms with E-state index in [2.05, 4.69) is 0 Å². The van der Waals surface area contributed by atoms with Crippen LogP contribution >= 0.6 is 11.6 Å². The van der Waals surface area contributed by atoms with Crippen molar-refractivity contribution < 1.29 is 22.9 Å². The Morgan fingerprint density at radius 1 is 1.26 bits per heavy atom. The smallest absolute Gasteiger partial charge is 0.326 e. The molecule has 2 aromatic rings. The molecule has 0 atom stereocenters. The van der Waals surface area contributed by atoms with Crippen LogP contribution in [-0.4, -0.2) is 32.5 Å². The summed E-state index contributed by atoms with van der Waals surface area (Å²) in [6, 6.07) is 9.08. The van der Waals surface area contributed by atoms with E-state index >= 15 is 0 Å². The van der Waals surface area contributed by atoms with E-state index in [4.69, 9.17) is 16.3 Å². The number of carbonyl (C=O) groups excluding carboxylic acids is 1. The topological polar surface area (TPSA) is 107 Å². The van der Waals surface area contributed by atoms with Crippen LogP contribution in [0.2, 0.25) is 5.02 Å². The van der Waals surface area contributed by atoms with Gasteiger partial charge in [-0.1, -0.05) is 17.7 Å². The second kappa shape index (κ2) is 8.36. The molecule has 0 heterocycles. The first-order valence-electron chi connectivity index (χ1n) is 7.85. The summed E-state index contributed by atoms with van der Waals surface area (Å²) in [5.41, 5.74) is 0.424. The molecule has 10 heteroatoms. The minimum atomic E-state index is -4.27. The number of esters is 1. The van der Waals surface area contributed by atoms with Crippen LogP contribution in [0.1, 0.15) is 12.5 Å². The van der Waals surface area contributed by atoms with Gasteiger partial charge < -0.3 is 4.74 Å². The van der Waals surface area contributed by atoms with Crippen molar-refractivity contribution in [1.82, 2.24) is 0 Å². The number of nitro benzene ring substituents is 1. The van der Waals surface area contributed by atoms with E-state index < -0.39 is 27.5 Å². The van der Waals surface area contributed by atoms with E-state index in [1.807, 2.05) is 0 Å². The molecule has 0 aliphatic rings. The summed E-state index contributed by atoms with van der Waals surface area (Å²) in [5.74, 6) is -0.751. The molecule has 144 valence electrons. The van der Waals surface area contributed by atoms with Crippen LogP contribution in [0, 0.1) is 17.0 Å². The highest BCUT2D eigenvalue weighted by atomic mass is 35.5. The number of nitrogens with zero attached hydrogens (tertiary/aromatic N) is 2. The predicted molar refractivity (Wildman–Crippen MR) is 100 cm³/mol. The summed E-state index contributed by atoms with van der Waals surface area (Å²) in [4.78, 5) is 21.9. The highest BCUT2D eigenvalue weighted by molar-refractivity contribution is 7.92. The lowest BCUT2D eigenvalue weighted by Gasteiger charge is -2.24. The van der Waals surface area contributed by atoms with Crippen LogP contribution in [0.5, 0.6) is 0 Å². The Kier molecular flexibility index (Phi) is 6.40. The molecule has 0 bridgehead atoms. The molecule has 0 unspecified atom stereocenters. The van der Waals surface area contributed by atoms with Crippen molar-refractivity contribution in [2.45, 2.75) is 18.7 Å². The van der Waals surface area contributed by atoms with Crippen molar-refractivity contribution >= 4 is 39.0 Å². The van der Waals surface area contributed by atoms with Crippen LogP contribution in [0.25, 0.3) is 0 Å². The van der Waals surface area contributed by atoms with Crippen molar-refractivity contribution in [2.75, 3.05) is 17.5 Å². The summed E-state index contributed by atoms with van der Waals surface area (Å²) in [6.07, 6.45) is 0. The highest BCUT2D eigenvalue weighted by Crippen LogP contribution is 2.28. The molecular formula is C17H17ClN2O6S. The van der Waals surface area contributed by atoms with Gasteiger partial charge in [-0.05, 0) is 43.7 Å². The first-order valence-corrected chi connectivity index (χ1v) is 9.67. The number of sulfonamides is 1. The van der Waals surface area contributed by atoms with Crippen molar-refractivity contribution in [3.63, 3.8) is 0 Å². The van der Waals surface area contributed by atoms with Gasteiger partial charge in [0.2, 0.25) is 0 Å². The molecule has 27 heavy (non-hydrogen) atoms. The SMILES string of the molecule is CCOC(=O)CN(c1ccc(Cl)c(C)c1)S(=O)(=O)c1cccc([N+](=O)[O-])c1. The number of rotatable bonds is 7.